The zero-order valence-corrected chi connectivity index (χ0v) is 23.6. The van der Waals surface area contributed by atoms with Crippen molar-refractivity contribution in [2.75, 3.05) is 12.3 Å². The van der Waals surface area contributed by atoms with Gasteiger partial charge in [0.05, 0.1) is 10.6 Å². The number of piperidine rings is 1. The third-order valence-corrected chi connectivity index (χ3v) is 12.5. The molecule has 3 aromatic rings. The fourth-order valence-electron chi connectivity index (χ4n) is 6.73. The van der Waals surface area contributed by atoms with Crippen LogP contribution in [0.2, 0.25) is 0 Å². The number of hydrogen-bond acceptors (Lipinski definition) is 6. The molecule has 39 heavy (non-hydrogen) atoms. The molecule has 0 spiro atoms. The van der Waals surface area contributed by atoms with E-state index in [4.69, 9.17) is 4.74 Å². The first-order valence-corrected chi connectivity index (χ1v) is 16.9. The van der Waals surface area contributed by atoms with E-state index in [1.807, 2.05) is 42.5 Å². The van der Waals surface area contributed by atoms with Gasteiger partial charge in [0.2, 0.25) is 20.0 Å². The summed E-state index contributed by atoms with van der Waals surface area (Å²) in [6.07, 6.45) is 9.05. The smallest absolute Gasteiger partial charge is 0.243 e. The fraction of sp³-hybridized carbons (Fsp3) is 0.483. The van der Waals surface area contributed by atoms with Crippen LogP contribution < -0.4 is 4.74 Å². The summed E-state index contributed by atoms with van der Waals surface area (Å²) in [5, 5.41) is 1.89. The minimum absolute atomic E-state index is 0.00344. The van der Waals surface area contributed by atoms with E-state index in [9.17, 15) is 16.8 Å². The van der Waals surface area contributed by atoms with E-state index in [0.717, 1.165) is 42.2 Å². The van der Waals surface area contributed by atoms with Crippen LogP contribution in [0.25, 0.3) is 10.8 Å². The van der Waals surface area contributed by atoms with E-state index < -0.39 is 20.0 Å². The molecule has 3 saturated heterocycles. The minimum atomic E-state index is -3.65. The lowest BCUT2D eigenvalue weighted by atomic mass is 10.0. The molecule has 0 amide bonds. The summed E-state index contributed by atoms with van der Waals surface area (Å²) in [6, 6.07) is 16.4. The van der Waals surface area contributed by atoms with Gasteiger partial charge in [-0.15, -0.1) is 0 Å². The second kappa shape index (κ2) is 10.8. The zero-order valence-electron chi connectivity index (χ0n) is 21.9. The average Bonchev–Trinajstić information content (AvgIpc) is 3.52. The van der Waals surface area contributed by atoms with Crippen LogP contribution in [0.4, 0.5) is 0 Å². The Balaban J connectivity index is 1.07. The Bertz CT molecular complexity index is 1520. The second-order valence-corrected chi connectivity index (χ2v) is 14.9. The third kappa shape index (κ3) is 5.44. The van der Waals surface area contributed by atoms with Crippen LogP contribution in [0, 0.1) is 0 Å². The van der Waals surface area contributed by atoms with Crippen LogP contribution in [-0.2, 0) is 20.0 Å². The van der Waals surface area contributed by atoms with Gasteiger partial charge in [0.1, 0.15) is 11.9 Å². The average molecular weight is 570 g/mol. The van der Waals surface area contributed by atoms with Crippen molar-refractivity contribution in [3.8, 4) is 5.75 Å². The molecule has 0 saturated carbocycles. The normalized spacial score (nSPS) is 26.3. The van der Waals surface area contributed by atoms with Gasteiger partial charge >= 0.3 is 0 Å². The fourth-order valence-corrected chi connectivity index (χ4v) is 10.5. The zero-order chi connectivity index (χ0) is 27.0. The summed E-state index contributed by atoms with van der Waals surface area (Å²) in [5.74, 6) is 0.821. The van der Waals surface area contributed by atoms with Crippen LogP contribution in [-0.4, -0.2) is 67.0 Å². The Hall–Kier alpha value is -2.53. The summed E-state index contributed by atoms with van der Waals surface area (Å²) >= 11 is 0. The van der Waals surface area contributed by atoms with Gasteiger partial charge in [-0.3, -0.25) is 4.98 Å². The standard InChI is InChI=1S/C29H35N3O5S2/c33-38(34,32-25-10-11-26(32)21-28(20-25)37-27-13-15-30-16-14-27)18-4-8-24-7-3-17-31(24)39(35,36)29-12-9-22-5-1-2-6-23(22)19-29/h1-2,5-6,9,12-16,19,24-26,28H,3-4,7-8,10-11,17-18,20-21H2/t24-,25-,26+,28+/m0/s1. The van der Waals surface area contributed by atoms with Crippen molar-refractivity contribution in [2.24, 2.45) is 0 Å². The molecule has 4 heterocycles. The maximum atomic E-state index is 13.5. The molecule has 3 aliphatic heterocycles. The first-order chi connectivity index (χ1) is 18.8. The molecule has 2 aromatic carbocycles. The van der Waals surface area contributed by atoms with Crippen molar-refractivity contribution >= 4 is 30.8 Å². The highest BCUT2D eigenvalue weighted by Gasteiger charge is 2.47. The van der Waals surface area contributed by atoms with Gasteiger partial charge in [0.25, 0.3) is 0 Å². The summed E-state index contributed by atoms with van der Waals surface area (Å²) in [4.78, 5) is 4.32. The molecule has 1 aromatic heterocycles. The van der Waals surface area contributed by atoms with Gasteiger partial charge < -0.3 is 4.74 Å². The number of rotatable bonds is 9. The van der Waals surface area contributed by atoms with Gasteiger partial charge in [-0.05, 0) is 73.6 Å². The van der Waals surface area contributed by atoms with Gasteiger partial charge in [-0.2, -0.15) is 8.61 Å². The lowest BCUT2D eigenvalue weighted by Gasteiger charge is -2.38. The lowest BCUT2D eigenvalue weighted by Crippen LogP contribution is -2.50. The van der Waals surface area contributed by atoms with Crippen LogP contribution >= 0.6 is 0 Å². The van der Waals surface area contributed by atoms with Crippen molar-refractivity contribution in [3.05, 3.63) is 67.0 Å². The van der Waals surface area contributed by atoms with Gasteiger partial charge in [-0.1, -0.05) is 30.3 Å². The van der Waals surface area contributed by atoms with Gasteiger partial charge in [-0.25, -0.2) is 16.8 Å². The minimum Gasteiger partial charge on any atom is -0.490 e. The molecule has 0 aliphatic carbocycles. The lowest BCUT2D eigenvalue weighted by molar-refractivity contribution is 0.0956. The maximum Gasteiger partial charge on any atom is 0.243 e. The Morgan fingerprint density at radius 1 is 0.872 bits per heavy atom. The highest BCUT2D eigenvalue weighted by atomic mass is 32.2. The molecule has 3 aliphatic rings. The Labute approximate surface area is 231 Å². The van der Waals surface area contributed by atoms with Crippen molar-refractivity contribution in [1.29, 1.82) is 0 Å². The molecule has 2 bridgehead atoms. The summed E-state index contributed by atoms with van der Waals surface area (Å²) in [7, 11) is -7.09. The Kier molecular flexibility index (Phi) is 7.39. The SMILES string of the molecule is O=S(=O)(CCC[C@@H]1CCCN1S(=O)(=O)c1ccc2ccccc2c1)N1[C@@H]2CC[C@H]1C[C@@H](Oc1ccncc1)C2. The van der Waals surface area contributed by atoms with Crippen molar-refractivity contribution < 1.29 is 21.6 Å². The molecular weight excluding hydrogens is 534 g/mol. The molecule has 3 fully saturated rings. The number of fused-ring (bicyclic) bond motifs is 3. The number of pyridine rings is 1. The highest BCUT2D eigenvalue weighted by molar-refractivity contribution is 7.89. The van der Waals surface area contributed by atoms with Crippen LogP contribution in [0.1, 0.15) is 51.4 Å². The largest absolute Gasteiger partial charge is 0.490 e. The number of aromatic nitrogens is 1. The highest BCUT2D eigenvalue weighted by Crippen LogP contribution is 2.40. The predicted octanol–water partition coefficient (Wildman–Crippen LogP) is 4.57. The molecule has 10 heteroatoms. The molecule has 0 unspecified atom stereocenters. The van der Waals surface area contributed by atoms with Crippen molar-refractivity contribution in [2.45, 2.75) is 80.5 Å². The Morgan fingerprint density at radius 3 is 2.33 bits per heavy atom. The Morgan fingerprint density at radius 2 is 1.59 bits per heavy atom. The van der Waals surface area contributed by atoms with Gasteiger partial charge in [0.15, 0.2) is 0 Å². The second-order valence-electron chi connectivity index (χ2n) is 11.0. The number of ether oxygens (including phenoxy) is 1. The number of hydrogen-bond donors (Lipinski definition) is 0. The van der Waals surface area contributed by atoms with E-state index >= 15 is 0 Å². The predicted molar refractivity (Wildman–Crippen MR) is 150 cm³/mol. The molecule has 6 rings (SSSR count). The molecule has 8 nitrogen and oxygen atoms in total. The van der Waals surface area contributed by atoms with Crippen molar-refractivity contribution in [1.82, 2.24) is 13.6 Å². The van der Waals surface area contributed by atoms with Crippen molar-refractivity contribution in [3.63, 3.8) is 0 Å². The maximum absolute atomic E-state index is 13.5. The van der Waals surface area contributed by atoms with Crippen LogP contribution in [0.5, 0.6) is 5.75 Å². The monoisotopic (exact) mass is 569 g/mol. The summed E-state index contributed by atoms with van der Waals surface area (Å²) in [6.45, 7) is 0.474. The number of sulfonamides is 2. The summed E-state index contributed by atoms with van der Waals surface area (Å²) < 4.78 is 63.4. The van der Waals surface area contributed by atoms with E-state index in [1.165, 1.54) is 0 Å². The molecular formula is C29H35N3O5S2. The molecule has 208 valence electrons. The number of nitrogens with zero attached hydrogens (tertiary/aromatic N) is 3. The quantitative estimate of drug-likeness (QED) is 0.375. The summed E-state index contributed by atoms with van der Waals surface area (Å²) in [5.41, 5.74) is 0. The molecule has 4 atom stereocenters. The van der Waals surface area contributed by atoms with E-state index in [1.54, 1.807) is 33.1 Å². The third-order valence-electron chi connectivity index (χ3n) is 8.49. The first kappa shape index (κ1) is 26.7. The first-order valence-electron chi connectivity index (χ1n) is 13.9. The molecule has 0 radical (unpaired) electrons. The van der Waals surface area contributed by atoms with Crippen LogP contribution in [0.15, 0.2) is 71.9 Å². The topological polar surface area (TPSA) is 96.9 Å². The molecule has 0 N–H and O–H groups in total. The van der Waals surface area contributed by atoms with E-state index in [-0.39, 0.29) is 30.0 Å². The van der Waals surface area contributed by atoms with E-state index in [0.29, 0.717) is 37.1 Å². The van der Waals surface area contributed by atoms with E-state index in [2.05, 4.69) is 4.98 Å². The van der Waals surface area contributed by atoms with Crippen LogP contribution in [0.3, 0.4) is 0 Å². The number of benzene rings is 2. The van der Waals surface area contributed by atoms with Gasteiger partial charge in [0, 0.05) is 49.9 Å².